The van der Waals surface area contributed by atoms with Gasteiger partial charge in [0.25, 0.3) is 0 Å². The van der Waals surface area contributed by atoms with Gasteiger partial charge in [0.15, 0.2) is 11.6 Å². The van der Waals surface area contributed by atoms with Crippen molar-refractivity contribution in [1.29, 1.82) is 0 Å². The van der Waals surface area contributed by atoms with E-state index in [9.17, 15) is 0 Å². The van der Waals surface area contributed by atoms with Crippen molar-refractivity contribution in [3.05, 3.63) is 37.3 Å². The van der Waals surface area contributed by atoms with E-state index in [0.717, 1.165) is 30.9 Å². The fourth-order valence-electron chi connectivity index (χ4n) is 1.46. The molecule has 0 atom stereocenters. The lowest BCUT2D eigenvalue weighted by Crippen LogP contribution is -2.12. The molecular formula is C15H22N4O. The summed E-state index contributed by atoms with van der Waals surface area (Å²) in [4.78, 5) is 12.3. The predicted octanol–water partition coefficient (Wildman–Crippen LogP) is 2.88. The summed E-state index contributed by atoms with van der Waals surface area (Å²) in [5.41, 5.74) is 0.827. The summed E-state index contributed by atoms with van der Waals surface area (Å²) < 4.78 is 5.71. The average molecular weight is 274 g/mol. The minimum atomic E-state index is 0.372. The minimum absolute atomic E-state index is 0.372. The zero-order valence-electron chi connectivity index (χ0n) is 12.2. The van der Waals surface area contributed by atoms with Crippen LogP contribution >= 0.6 is 0 Å². The van der Waals surface area contributed by atoms with Crippen molar-refractivity contribution >= 4 is 11.5 Å². The number of rotatable bonds is 9. The van der Waals surface area contributed by atoms with Crippen molar-refractivity contribution < 1.29 is 4.74 Å². The molecule has 0 aliphatic rings. The second kappa shape index (κ2) is 9.72. The Morgan fingerprint density at radius 1 is 1.55 bits per heavy atom. The number of anilines is 1. The summed E-state index contributed by atoms with van der Waals surface area (Å²) in [6.07, 6.45) is 10.8. The lowest BCUT2D eigenvalue weighted by atomic mass is 10.3. The molecule has 0 aromatic carbocycles. The highest BCUT2D eigenvalue weighted by molar-refractivity contribution is 5.96. The van der Waals surface area contributed by atoms with E-state index in [1.165, 1.54) is 6.33 Å². The van der Waals surface area contributed by atoms with E-state index in [2.05, 4.69) is 33.8 Å². The van der Waals surface area contributed by atoms with Crippen LogP contribution in [0.15, 0.2) is 42.3 Å². The Balaban J connectivity index is 2.62. The first-order valence-electron chi connectivity index (χ1n) is 6.73. The molecule has 0 saturated carbocycles. The number of unbranched alkanes of at least 4 members (excludes halogenated alkanes) is 1. The number of nitrogens with zero attached hydrogens (tertiary/aromatic N) is 3. The summed E-state index contributed by atoms with van der Waals surface area (Å²) in [5.74, 6) is 1.35. The third-order valence-electron chi connectivity index (χ3n) is 2.59. The lowest BCUT2D eigenvalue weighted by molar-refractivity contribution is 0.375. The summed E-state index contributed by atoms with van der Waals surface area (Å²) in [7, 11) is 1.73. The second-order valence-corrected chi connectivity index (χ2v) is 4.11. The second-order valence-electron chi connectivity index (χ2n) is 4.11. The summed E-state index contributed by atoms with van der Waals surface area (Å²) in [5, 5.41) is 3.25. The third kappa shape index (κ3) is 5.65. The number of ether oxygens (including phenoxy) is 1. The van der Waals surface area contributed by atoms with E-state index in [4.69, 9.17) is 4.74 Å². The van der Waals surface area contributed by atoms with Gasteiger partial charge in [0.1, 0.15) is 12.9 Å². The number of hydrogen-bond acceptors (Lipinski definition) is 5. The minimum Gasteiger partial charge on any atom is -0.482 e. The Morgan fingerprint density at radius 2 is 2.40 bits per heavy atom. The zero-order chi connectivity index (χ0) is 14.6. The topological polar surface area (TPSA) is 59.4 Å². The summed E-state index contributed by atoms with van der Waals surface area (Å²) >= 11 is 0. The first kappa shape index (κ1) is 15.9. The van der Waals surface area contributed by atoms with Gasteiger partial charge in [-0.2, -0.15) is 0 Å². The molecule has 5 heteroatoms. The number of hydrogen-bond donors (Lipinski definition) is 1. The first-order valence-corrected chi connectivity index (χ1v) is 6.73. The van der Waals surface area contributed by atoms with E-state index in [-0.39, 0.29) is 0 Å². The van der Waals surface area contributed by atoms with Crippen LogP contribution in [0.1, 0.15) is 19.8 Å². The standard InChI is InChI=1S/C15H22N4O/c1-4-6-8-13(16-3)11-20-14-10-17-12-19-15(14)18-9-7-5-2/h4,6,8,10,12H,1,5,7,9,11H2,2-3H3,(H,17,18,19)/b8-6-,16-13+. The van der Waals surface area contributed by atoms with Crippen LogP contribution in [0.25, 0.3) is 0 Å². The van der Waals surface area contributed by atoms with Crippen LogP contribution in [0.3, 0.4) is 0 Å². The molecular weight excluding hydrogens is 252 g/mol. The molecule has 0 unspecified atom stereocenters. The van der Waals surface area contributed by atoms with Gasteiger partial charge < -0.3 is 10.1 Å². The smallest absolute Gasteiger partial charge is 0.180 e. The highest BCUT2D eigenvalue weighted by Gasteiger charge is 2.05. The summed E-state index contributed by atoms with van der Waals surface area (Å²) in [6, 6.07) is 0. The van der Waals surface area contributed by atoms with Gasteiger partial charge >= 0.3 is 0 Å². The molecule has 0 saturated heterocycles. The molecule has 0 aliphatic carbocycles. The highest BCUT2D eigenvalue weighted by atomic mass is 16.5. The third-order valence-corrected chi connectivity index (χ3v) is 2.59. The van der Waals surface area contributed by atoms with Crippen molar-refractivity contribution in [2.75, 3.05) is 25.5 Å². The number of aromatic nitrogens is 2. The number of allylic oxidation sites excluding steroid dienone is 2. The molecule has 1 aromatic rings. The predicted molar refractivity (Wildman–Crippen MR) is 83.6 cm³/mol. The number of nitrogens with one attached hydrogen (secondary N) is 1. The quantitative estimate of drug-likeness (QED) is 0.427. The van der Waals surface area contributed by atoms with Crippen LogP contribution in [0, 0.1) is 0 Å². The lowest BCUT2D eigenvalue weighted by Gasteiger charge is -2.11. The maximum Gasteiger partial charge on any atom is 0.180 e. The van der Waals surface area contributed by atoms with Crippen molar-refractivity contribution in [3.8, 4) is 5.75 Å². The Kier molecular flexibility index (Phi) is 7.72. The van der Waals surface area contributed by atoms with E-state index in [1.54, 1.807) is 19.3 Å². The molecule has 0 spiro atoms. The van der Waals surface area contributed by atoms with Gasteiger partial charge in [-0.05, 0) is 12.5 Å². The SMILES string of the molecule is C=C/C=C\C(COc1cncnc1NCCCC)=N/C. The van der Waals surface area contributed by atoms with Gasteiger partial charge in [0, 0.05) is 13.6 Å². The zero-order valence-corrected chi connectivity index (χ0v) is 12.2. The van der Waals surface area contributed by atoms with Crippen LogP contribution in [-0.2, 0) is 0 Å². The molecule has 0 bridgehead atoms. The van der Waals surface area contributed by atoms with Crippen molar-refractivity contribution in [2.45, 2.75) is 19.8 Å². The fourth-order valence-corrected chi connectivity index (χ4v) is 1.46. The number of aliphatic imine (C=N–C) groups is 1. The maximum atomic E-state index is 5.71. The van der Waals surface area contributed by atoms with E-state index < -0.39 is 0 Å². The molecule has 108 valence electrons. The molecule has 0 fully saturated rings. The van der Waals surface area contributed by atoms with Gasteiger partial charge in [-0.3, -0.25) is 4.99 Å². The van der Waals surface area contributed by atoms with Crippen LogP contribution in [-0.4, -0.2) is 35.9 Å². The van der Waals surface area contributed by atoms with Gasteiger partial charge in [-0.25, -0.2) is 9.97 Å². The maximum absolute atomic E-state index is 5.71. The van der Waals surface area contributed by atoms with Crippen molar-refractivity contribution in [2.24, 2.45) is 4.99 Å². The average Bonchev–Trinajstić information content (AvgIpc) is 2.49. The van der Waals surface area contributed by atoms with Gasteiger partial charge in [0.05, 0.1) is 11.9 Å². The van der Waals surface area contributed by atoms with E-state index in [0.29, 0.717) is 12.4 Å². The first-order chi connectivity index (χ1) is 9.81. The van der Waals surface area contributed by atoms with E-state index in [1.807, 2.05) is 12.2 Å². The molecule has 1 aromatic heterocycles. The molecule has 1 N–H and O–H groups in total. The monoisotopic (exact) mass is 274 g/mol. The van der Waals surface area contributed by atoms with Crippen LogP contribution in [0.2, 0.25) is 0 Å². The Hall–Kier alpha value is -2.17. The molecule has 5 nitrogen and oxygen atoms in total. The largest absolute Gasteiger partial charge is 0.482 e. The molecule has 0 amide bonds. The van der Waals surface area contributed by atoms with Gasteiger partial charge in [-0.1, -0.05) is 32.1 Å². The van der Waals surface area contributed by atoms with Gasteiger partial charge in [0.2, 0.25) is 0 Å². The van der Waals surface area contributed by atoms with E-state index >= 15 is 0 Å². The fraction of sp³-hybridized carbons (Fsp3) is 0.400. The Labute approximate surface area is 120 Å². The molecule has 20 heavy (non-hydrogen) atoms. The van der Waals surface area contributed by atoms with Crippen LogP contribution in [0.5, 0.6) is 5.75 Å². The molecule has 0 radical (unpaired) electrons. The van der Waals surface area contributed by atoms with Crippen molar-refractivity contribution in [3.63, 3.8) is 0 Å². The molecule has 1 heterocycles. The summed E-state index contributed by atoms with van der Waals surface area (Å²) in [6.45, 7) is 7.02. The van der Waals surface area contributed by atoms with Crippen LogP contribution < -0.4 is 10.1 Å². The molecule has 0 aliphatic heterocycles. The van der Waals surface area contributed by atoms with Crippen molar-refractivity contribution in [1.82, 2.24) is 9.97 Å². The molecule has 1 rings (SSSR count). The normalized spacial score (nSPS) is 11.6. The highest BCUT2D eigenvalue weighted by Crippen LogP contribution is 2.19. The van der Waals surface area contributed by atoms with Crippen LogP contribution in [0.4, 0.5) is 5.82 Å². The van der Waals surface area contributed by atoms with Gasteiger partial charge in [-0.15, -0.1) is 0 Å². The Morgan fingerprint density at radius 3 is 3.10 bits per heavy atom. The Bertz CT molecular complexity index is 469.